The number of amides is 1. The molecule has 0 saturated carbocycles. The maximum absolute atomic E-state index is 13.3. The van der Waals surface area contributed by atoms with E-state index in [4.69, 9.17) is 16.0 Å². The highest BCUT2D eigenvalue weighted by atomic mass is 35.5. The molecule has 0 atom stereocenters. The summed E-state index contributed by atoms with van der Waals surface area (Å²) in [6, 6.07) is 32.3. The summed E-state index contributed by atoms with van der Waals surface area (Å²) in [5, 5.41) is 3.62. The Kier molecular flexibility index (Phi) is 5.44. The van der Waals surface area contributed by atoms with Crippen LogP contribution >= 0.6 is 11.6 Å². The summed E-state index contributed by atoms with van der Waals surface area (Å²) in [5.41, 5.74) is 4.51. The van der Waals surface area contributed by atoms with Gasteiger partial charge in [0.05, 0.1) is 16.5 Å². The van der Waals surface area contributed by atoms with Crippen molar-refractivity contribution in [1.29, 1.82) is 0 Å². The summed E-state index contributed by atoms with van der Waals surface area (Å²) in [6.45, 7) is 0. The first kappa shape index (κ1) is 20.0. The van der Waals surface area contributed by atoms with Gasteiger partial charge in [-0.2, -0.15) is 0 Å². The van der Waals surface area contributed by atoms with E-state index in [2.05, 4.69) is 10.3 Å². The fraction of sp³-hybridized carbons (Fsp3) is 0.0370. The Hall–Kier alpha value is -3.89. The van der Waals surface area contributed by atoms with Gasteiger partial charge in [-0.15, -0.1) is 0 Å². The molecule has 1 amide bonds. The van der Waals surface area contributed by atoms with E-state index in [1.165, 1.54) is 0 Å². The van der Waals surface area contributed by atoms with Crippen molar-refractivity contribution in [3.8, 4) is 11.5 Å². The molecular formula is C27H19ClN2O2. The van der Waals surface area contributed by atoms with Gasteiger partial charge in [-0.25, -0.2) is 4.98 Å². The molecule has 0 fully saturated rings. The van der Waals surface area contributed by atoms with Crippen molar-refractivity contribution < 1.29 is 9.21 Å². The first-order valence-corrected chi connectivity index (χ1v) is 10.6. The monoisotopic (exact) mass is 438 g/mol. The van der Waals surface area contributed by atoms with Crippen LogP contribution in [0.4, 0.5) is 5.69 Å². The normalized spacial score (nSPS) is 11.1. The van der Waals surface area contributed by atoms with Crippen LogP contribution in [0.15, 0.2) is 108 Å². The van der Waals surface area contributed by atoms with Crippen LogP contribution < -0.4 is 5.32 Å². The number of benzene rings is 4. The number of rotatable bonds is 5. The van der Waals surface area contributed by atoms with E-state index in [-0.39, 0.29) is 5.91 Å². The first-order valence-electron chi connectivity index (χ1n) is 10.3. The van der Waals surface area contributed by atoms with E-state index in [1.54, 1.807) is 12.1 Å². The molecule has 1 heterocycles. The third-order valence-corrected chi connectivity index (χ3v) is 5.62. The van der Waals surface area contributed by atoms with Gasteiger partial charge in [0.1, 0.15) is 5.52 Å². The molecule has 1 N–H and O–H groups in total. The summed E-state index contributed by atoms with van der Waals surface area (Å²) in [7, 11) is 0. The van der Waals surface area contributed by atoms with E-state index < -0.39 is 5.92 Å². The van der Waals surface area contributed by atoms with Crippen LogP contribution in [0, 0.1) is 0 Å². The molecule has 5 heteroatoms. The van der Waals surface area contributed by atoms with Crippen LogP contribution in [0.25, 0.3) is 22.6 Å². The molecule has 0 unspecified atom stereocenters. The standard InChI is InChI=1S/C27H19ClN2O2/c28-22-14-8-7-13-21(22)27-30-23-17-20(15-16-24(23)32-27)29-26(31)25(18-9-3-1-4-10-18)19-11-5-2-6-12-19/h1-17,25H,(H,29,31). The number of fused-ring (bicyclic) bond motifs is 1. The molecule has 0 spiro atoms. The SMILES string of the molecule is O=C(Nc1ccc2oc(-c3ccccc3Cl)nc2c1)C(c1ccccc1)c1ccccc1. The molecule has 4 aromatic carbocycles. The second-order valence-electron chi connectivity index (χ2n) is 7.42. The van der Waals surface area contributed by atoms with Crippen LogP contribution in [-0.2, 0) is 4.79 Å². The second kappa shape index (κ2) is 8.69. The summed E-state index contributed by atoms with van der Waals surface area (Å²) < 4.78 is 5.87. The smallest absolute Gasteiger partial charge is 0.236 e. The van der Waals surface area contributed by atoms with Crippen molar-refractivity contribution in [2.75, 3.05) is 5.32 Å². The summed E-state index contributed by atoms with van der Waals surface area (Å²) >= 11 is 6.28. The average molecular weight is 439 g/mol. The van der Waals surface area contributed by atoms with E-state index in [9.17, 15) is 4.79 Å². The van der Waals surface area contributed by atoms with E-state index in [0.717, 1.165) is 16.7 Å². The van der Waals surface area contributed by atoms with Gasteiger partial charge >= 0.3 is 0 Å². The van der Waals surface area contributed by atoms with Crippen molar-refractivity contribution in [2.45, 2.75) is 5.92 Å². The van der Waals surface area contributed by atoms with Crippen LogP contribution in [0.3, 0.4) is 0 Å². The number of halogens is 1. The highest BCUT2D eigenvalue weighted by molar-refractivity contribution is 6.33. The molecule has 1 aromatic heterocycles. The van der Waals surface area contributed by atoms with Crippen LogP contribution in [-0.4, -0.2) is 10.9 Å². The minimum Gasteiger partial charge on any atom is -0.436 e. The van der Waals surface area contributed by atoms with Gasteiger partial charge in [-0.3, -0.25) is 4.79 Å². The van der Waals surface area contributed by atoms with Gasteiger partial charge in [0.25, 0.3) is 0 Å². The van der Waals surface area contributed by atoms with Crippen molar-refractivity contribution in [3.05, 3.63) is 119 Å². The minimum absolute atomic E-state index is 0.114. The molecule has 156 valence electrons. The number of carbonyl (C=O) groups excluding carboxylic acids is 1. The second-order valence-corrected chi connectivity index (χ2v) is 7.83. The molecule has 0 aliphatic heterocycles. The zero-order chi connectivity index (χ0) is 21.9. The Morgan fingerprint density at radius 3 is 2.09 bits per heavy atom. The lowest BCUT2D eigenvalue weighted by Gasteiger charge is -2.18. The number of hydrogen-bond donors (Lipinski definition) is 1. The summed E-state index contributed by atoms with van der Waals surface area (Å²) in [6.07, 6.45) is 0. The average Bonchev–Trinajstić information content (AvgIpc) is 3.24. The van der Waals surface area contributed by atoms with E-state index in [1.807, 2.05) is 91.0 Å². The molecule has 5 aromatic rings. The fourth-order valence-electron chi connectivity index (χ4n) is 3.76. The van der Waals surface area contributed by atoms with Crippen LogP contribution in [0.5, 0.6) is 0 Å². The number of nitrogens with zero attached hydrogens (tertiary/aromatic N) is 1. The lowest BCUT2D eigenvalue weighted by atomic mass is 9.90. The zero-order valence-electron chi connectivity index (χ0n) is 17.0. The van der Waals surface area contributed by atoms with Crippen LogP contribution in [0.1, 0.15) is 17.0 Å². The Bertz CT molecular complexity index is 1340. The molecule has 0 saturated heterocycles. The minimum atomic E-state index is -0.427. The van der Waals surface area contributed by atoms with Gasteiger partial charge in [0.2, 0.25) is 11.8 Å². The Morgan fingerprint density at radius 1 is 0.812 bits per heavy atom. The summed E-state index contributed by atoms with van der Waals surface area (Å²) in [4.78, 5) is 17.9. The predicted molar refractivity (Wildman–Crippen MR) is 128 cm³/mol. The molecule has 4 nitrogen and oxygen atoms in total. The van der Waals surface area contributed by atoms with E-state index >= 15 is 0 Å². The number of aromatic nitrogens is 1. The van der Waals surface area contributed by atoms with Gasteiger partial charge in [-0.05, 0) is 41.5 Å². The maximum Gasteiger partial charge on any atom is 0.236 e. The van der Waals surface area contributed by atoms with Crippen LogP contribution in [0.2, 0.25) is 5.02 Å². The number of anilines is 1. The van der Waals surface area contributed by atoms with Crippen molar-refractivity contribution in [2.24, 2.45) is 0 Å². The Morgan fingerprint density at radius 2 is 1.44 bits per heavy atom. The lowest BCUT2D eigenvalue weighted by molar-refractivity contribution is -0.116. The Balaban J connectivity index is 1.46. The molecule has 0 aliphatic carbocycles. The van der Waals surface area contributed by atoms with E-state index in [0.29, 0.717) is 27.7 Å². The van der Waals surface area contributed by atoms with Gasteiger partial charge < -0.3 is 9.73 Å². The largest absolute Gasteiger partial charge is 0.436 e. The molecular weight excluding hydrogens is 420 g/mol. The third kappa shape index (κ3) is 4.01. The zero-order valence-corrected chi connectivity index (χ0v) is 17.8. The quantitative estimate of drug-likeness (QED) is 0.324. The Labute approximate surface area is 190 Å². The first-order chi connectivity index (χ1) is 15.7. The number of hydrogen-bond acceptors (Lipinski definition) is 3. The molecule has 0 bridgehead atoms. The lowest BCUT2D eigenvalue weighted by Crippen LogP contribution is -2.22. The van der Waals surface area contributed by atoms with Gasteiger partial charge in [-0.1, -0.05) is 84.4 Å². The predicted octanol–water partition coefficient (Wildman–Crippen LogP) is 6.92. The van der Waals surface area contributed by atoms with Gasteiger partial charge in [0.15, 0.2) is 5.58 Å². The number of oxazole rings is 1. The highest BCUT2D eigenvalue weighted by Gasteiger charge is 2.23. The molecule has 32 heavy (non-hydrogen) atoms. The number of carbonyl (C=O) groups is 1. The van der Waals surface area contributed by atoms with Crippen molar-refractivity contribution >= 4 is 34.3 Å². The highest BCUT2D eigenvalue weighted by Crippen LogP contribution is 2.31. The maximum atomic E-state index is 13.3. The topological polar surface area (TPSA) is 55.1 Å². The third-order valence-electron chi connectivity index (χ3n) is 5.29. The summed E-state index contributed by atoms with van der Waals surface area (Å²) in [5.74, 6) is -0.0961. The molecule has 0 aliphatic rings. The number of nitrogens with one attached hydrogen (secondary N) is 1. The molecule has 0 radical (unpaired) electrons. The van der Waals surface area contributed by atoms with Crippen molar-refractivity contribution in [1.82, 2.24) is 4.98 Å². The fourth-order valence-corrected chi connectivity index (χ4v) is 3.97. The van der Waals surface area contributed by atoms with Gasteiger partial charge in [0, 0.05) is 5.69 Å². The van der Waals surface area contributed by atoms with Crippen molar-refractivity contribution in [3.63, 3.8) is 0 Å². The molecule has 5 rings (SSSR count).